The zero-order chi connectivity index (χ0) is 17.6. The minimum Gasteiger partial charge on any atom is -0.336 e. The van der Waals surface area contributed by atoms with E-state index in [-0.39, 0.29) is 24.3 Å². The molecular formula is C19H18FN3O2. The molecule has 1 aromatic carbocycles. The van der Waals surface area contributed by atoms with Gasteiger partial charge in [0.2, 0.25) is 0 Å². The van der Waals surface area contributed by atoms with E-state index >= 15 is 0 Å². The topological polar surface area (TPSA) is 59.2 Å². The lowest BCUT2D eigenvalue weighted by Gasteiger charge is -2.23. The molecule has 3 aromatic rings. The normalized spacial score (nSPS) is 14.0. The van der Waals surface area contributed by atoms with Gasteiger partial charge in [-0.05, 0) is 38.8 Å². The summed E-state index contributed by atoms with van der Waals surface area (Å²) in [6, 6.07) is 8.48. The third kappa shape index (κ3) is 2.88. The van der Waals surface area contributed by atoms with Crippen molar-refractivity contribution in [1.82, 2.24) is 15.0 Å². The SMILES string of the molecule is Cc1cc(C(=O)N(Cc2ccccc2F)C2CC2)c2c(C)noc2n1. The molecule has 1 amide bonds. The lowest BCUT2D eigenvalue weighted by atomic mass is 10.1. The Hall–Kier alpha value is -2.76. The minimum atomic E-state index is -0.293. The first-order chi connectivity index (χ1) is 12.0. The number of carbonyl (C=O) groups excluding carboxylic acids is 1. The van der Waals surface area contributed by atoms with E-state index < -0.39 is 0 Å². The zero-order valence-corrected chi connectivity index (χ0v) is 14.1. The maximum atomic E-state index is 14.1. The van der Waals surface area contributed by atoms with E-state index in [4.69, 9.17) is 4.52 Å². The lowest BCUT2D eigenvalue weighted by Crippen LogP contribution is -2.33. The molecule has 0 bridgehead atoms. The number of fused-ring (bicyclic) bond motifs is 1. The fourth-order valence-electron chi connectivity index (χ4n) is 3.10. The van der Waals surface area contributed by atoms with Crippen molar-refractivity contribution in [2.24, 2.45) is 0 Å². The van der Waals surface area contributed by atoms with Crippen LogP contribution in [0.3, 0.4) is 0 Å². The second-order valence-electron chi connectivity index (χ2n) is 6.51. The molecule has 6 heteroatoms. The van der Waals surface area contributed by atoms with E-state index in [1.807, 2.05) is 6.92 Å². The quantitative estimate of drug-likeness (QED) is 0.726. The van der Waals surface area contributed by atoms with Crippen LogP contribution in [0.25, 0.3) is 11.1 Å². The Balaban J connectivity index is 1.75. The number of benzene rings is 1. The standard InChI is InChI=1S/C19H18FN3O2/c1-11-9-15(17-12(2)22-25-18(17)21-11)19(24)23(14-7-8-14)10-13-5-3-4-6-16(13)20/h3-6,9,14H,7-8,10H2,1-2H3. The highest BCUT2D eigenvalue weighted by molar-refractivity contribution is 6.06. The molecule has 0 spiro atoms. The Kier molecular flexibility index (Phi) is 3.75. The van der Waals surface area contributed by atoms with Gasteiger partial charge >= 0.3 is 0 Å². The molecule has 0 atom stereocenters. The number of nitrogens with zero attached hydrogens (tertiary/aromatic N) is 3. The van der Waals surface area contributed by atoms with Crippen molar-refractivity contribution in [3.8, 4) is 0 Å². The highest BCUT2D eigenvalue weighted by atomic mass is 19.1. The van der Waals surface area contributed by atoms with E-state index in [0.29, 0.717) is 33.6 Å². The molecule has 0 unspecified atom stereocenters. The fraction of sp³-hybridized carbons (Fsp3) is 0.316. The average molecular weight is 339 g/mol. The number of carbonyl (C=O) groups is 1. The van der Waals surface area contributed by atoms with Crippen LogP contribution in [0, 0.1) is 19.7 Å². The Labute approximate surface area is 144 Å². The second kappa shape index (κ2) is 5.95. The summed E-state index contributed by atoms with van der Waals surface area (Å²) in [7, 11) is 0. The molecule has 25 heavy (non-hydrogen) atoms. The first-order valence-electron chi connectivity index (χ1n) is 8.32. The molecule has 0 saturated heterocycles. The molecule has 2 heterocycles. The van der Waals surface area contributed by atoms with Crippen molar-refractivity contribution in [3.05, 3.63) is 58.7 Å². The monoisotopic (exact) mass is 339 g/mol. The molecule has 4 rings (SSSR count). The number of hydrogen-bond acceptors (Lipinski definition) is 4. The maximum absolute atomic E-state index is 14.1. The Morgan fingerprint density at radius 2 is 2.08 bits per heavy atom. The van der Waals surface area contributed by atoms with Gasteiger partial charge in [0.15, 0.2) is 0 Å². The summed E-state index contributed by atoms with van der Waals surface area (Å²) in [5.74, 6) is -0.425. The Bertz CT molecular complexity index is 962. The number of pyridine rings is 1. The third-order valence-corrected chi connectivity index (χ3v) is 4.52. The Morgan fingerprint density at radius 3 is 2.80 bits per heavy atom. The Morgan fingerprint density at radius 1 is 1.32 bits per heavy atom. The van der Waals surface area contributed by atoms with Gasteiger partial charge in [-0.1, -0.05) is 23.4 Å². The van der Waals surface area contributed by atoms with E-state index in [2.05, 4.69) is 10.1 Å². The van der Waals surface area contributed by atoms with Gasteiger partial charge in [0.25, 0.3) is 11.6 Å². The number of rotatable bonds is 4. The average Bonchev–Trinajstić information content (AvgIpc) is 3.36. The predicted molar refractivity (Wildman–Crippen MR) is 90.6 cm³/mol. The van der Waals surface area contributed by atoms with Crippen LogP contribution in [0.5, 0.6) is 0 Å². The van der Waals surface area contributed by atoms with Crippen LogP contribution < -0.4 is 0 Å². The number of aromatic nitrogens is 2. The molecule has 5 nitrogen and oxygen atoms in total. The maximum Gasteiger partial charge on any atom is 0.258 e. The van der Waals surface area contributed by atoms with Crippen molar-refractivity contribution in [2.45, 2.75) is 39.3 Å². The van der Waals surface area contributed by atoms with Crippen molar-refractivity contribution in [1.29, 1.82) is 0 Å². The minimum absolute atomic E-state index is 0.132. The van der Waals surface area contributed by atoms with Gasteiger partial charge < -0.3 is 9.42 Å². The van der Waals surface area contributed by atoms with Crippen LogP contribution >= 0.6 is 0 Å². The largest absolute Gasteiger partial charge is 0.336 e. The predicted octanol–water partition coefficient (Wildman–Crippen LogP) is 3.78. The van der Waals surface area contributed by atoms with E-state index in [9.17, 15) is 9.18 Å². The number of aryl methyl sites for hydroxylation is 2. The van der Waals surface area contributed by atoms with E-state index in [0.717, 1.165) is 12.8 Å². The molecule has 0 aliphatic heterocycles. The van der Waals surface area contributed by atoms with Crippen LogP contribution in [0.1, 0.15) is 40.2 Å². The highest BCUT2D eigenvalue weighted by Gasteiger charge is 2.35. The summed E-state index contributed by atoms with van der Waals surface area (Å²) in [5.41, 5.74) is 2.72. The molecule has 2 aromatic heterocycles. The van der Waals surface area contributed by atoms with Crippen molar-refractivity contribution >= 4 is 17.0 Å². The van der Waals surface area contributed by atoms with Crippen LogP contribution in [0.15, 0.2) is 34.9 Å². The molecule has 128 valence electrons. The van der Waals surface area contributed by atoms with Crippen LogP contribution in [-0.4, -0.2) is 27.0 Å². The van der Waals surface area contributed by atoms with Gasteiger partial charge in [-0.25, -0.2) is 9.37 Å². The second-order valence-corrected chi connectivity index (χ2v) is 6.51. The first-order valence-corrected chi connectivity index (χ1v) is 8.32. The first kappa shape index (κ1) is 15.7. The molecular weight excluding hydrogens is 321 g/mol. The van der Waals surface area contributed by atoms with Crippen LogP contribution in [0.4, 0.5) is 4.39 Å². The van der Waals surface area contributed by atoms with Gasteiger partial charge in [-0.15, -0.1) is 0 Å². The van der Waals surface area contributed by atoms with Crippen molar-refractivity contribution < 1.29 is 13.7 Å². The molecule has 1 fully saturated rings. The molecule has 1 aliphatic rings. The molecule has 0 radical (unpaired) electrons. The van der Waals surface area contributed by atoms with Gasteiger partial charge in [0, 0.05) is 23.8 Å². The van der Waals surface area contributed by atoms with Gasteiger partial charge in [0.1, 0.15) is 5.82 Å². The van der Waals surface area contributed by atoms with Crippen molar-refractivity contribution in [3.63, 3.8) is 0 Å². The van der Waals surface area contributed by atoms with Gasteiger partial charge in [-0.2, -0.15) is 0 Å². The summed E-state index contributed by atoms with van der Waals surface area (Å²) >= 11 is 0. The number of amides is 1. The summed E-state index contributed by atoms with van der Waals surface area (Å²) < 4.78 is 19.3. The zero-order valence-electron chi connectivity index (χ0n) is 14.1. The highest BCUT2D eigenvalue weighted by Crippen LogP contribution is 2.32. The number of halogens is 1. The van der Waals surface area contributed by atoms with Gasteiger partial charge in [-0.3, -0.25) is 4.79 Å². The summed E-state index contributed by atoms with van der Waals surface area (Å²) in [6.45, 7) is 3.85. The van der Waals surface area contributed by atoms with Crippen LogP contribution in [0.2, 0.25) is 0 Å². The smallest absolute Gasteiger partial charge is 0.258 e. The van der Waals surface area contributed by atoms with Gasteiger partial charge in [0.05, 0.1) is 16.6 Å². The van der Waals surface area contributed by atoms with Crippen LogP contribution in [-0.2, 0) is 6.54 Å². The molecule has 0 N–H and O–H groups in total. The van der Waals surface area contributed by atoms with E-state index in [1.165, 1.54) is 6.07 Å². The molecule has 1 aliphatic carbocycles. The summed E-state index contributed by atoms with van der Waals surface area (Å²) in [6.07, 6.45) is 1.88. The third-order valence-electron chi connectivity index (χ3n) is 4.52. The summed E-state index contributed by atoms with van der Waals surface area (Å²) in [5, 5.41) is 4.56. The lowest BCUT2D eigenvalue weighted by molar-refractivity contribution is 0.0730. The fourth-order valence-corrected chi connectivity index (χ4v) is 3.10. The number of hydrogen-bond donors (Lipinski definition) is 0. The summed E-state index contributed by atoms with van der Waals surface area (Å²) in [4.78, 5) is 19.3. The van der Waals surface area contributed by atoms with E-state index in [1.54, 1.807) is 36.1 Å². The molecule has 1 saturated carbocycles. The van der Waals surface area contributed by atoms with Crippen molar-refractivity contribution in [2.75, 3.05) is 0 Å².